The Kier molecular flexibility index (Phi) is 4.37. The average molecular weight is 445 g/mol. The van der Waals surface area contributed by atoms with Gasteiger partial charge in [0.25, 0.3) is 0 Å². The Morgan fingerprint density at radius 1 is 0.882 bits per heavy atom. The summed E-state index contributed by atoms with van der Waals surface area (Å²) in [6, 6.07) is 27.7. The highest BCUT2D eigenvalue weighted by Gasteiger charge is 2.64. The van der Waals surface area contributed by atoms with Crippen molar-refractivity contribution >= 4 is 17.6 Å². The molecule has 3 aliphatic rings. The molecule has 0 saturated heterocycles. The third kappa shape index (κ3) is 2.57. The first-order valence-electron chi connectivity index (χ1n) is 11.7. The van der Waals surface area contributed by atoms with Crippen LogP contribution in [-0.2, 0) is 5.41 Å². The molecular formula is C30H28N4. The smallest absolute Gasteiger partial charge is 0.176 e. The van der Waals surface area contributed by atoms with Crippen LogP contribution in [0.3, 0.4) is 0 Å². The van der Waals surface area contributed by atoms with Crippen molar-refractivity contribution in [1.82, 2.24) is 0 Å². The van der Waals surface area contributed by atoms with Crippen molar-refractivity contribution in [2.24, 2.45) is 16.1 Å². The van der Waals surface area contributed by atoms with E-state index in [2.05, 4.69) is 109 Å². The summed E-state index contributed by atoms with van der Waals surface area (Å²) in [5.41, 5.74) is 12.5. The van der Waals surface area contributed by atoms with Crippen molar-refractivity contribution in [1.29, 1.82) is 0 Å². The van der Waals surface area contributed by atoms with Gasteiger partial charge in [-0.3, -0.25) is 0 Å². The molecule has 0 spiro atoms. The predicted octanol–water partition coefficient (Wildman–Crippen LogP) is 6.20. The van der Waals surface area contributed by atoms with Gasteiger partial charge in [-0.05, 0) is 34.9 Å². The van der Waals surface area contributed by atoms with Gasteiger partial charge < -0.3 is 15.5 Å². The molecule has 3 aromatic carbocycles. The number of rotatable bonds is 4. The minimum atomic E-state index is -0.166. The van der Waals surface area contributed by atoms with Crippen LogP contribution in [0, 0.1) is 5.41 Å². The highest BCUT2D eigenvalue weighted by Crippen LogP contribution is 2.64. The first-order chi connectivity index (χ1) is 16.5. The Morgan fingerprint density at radius 3 is 2.24 bits per heavy atom. The molecule has 34 heavy (non-hydrogen) atoms. The molecule has 2 N–H and O–H groups in total. The van der Waals surface area contributed by atoms with Gasteiger partial charge in [0.15, 0.2) is 5.82 Å². The molecule has 0 amide bonds. The summed E-state index contributed by atoms with van der Waals surface area (Å²) >= 11 is 0. The lowest BCUT2D eigenvalue weighted by molar-refractivity contribution is 0.170. The van der Waals surface area contributed by atoms with Gasteiger partial charge in [0, 0.05) is 28.4 Å². The molecule has 4 nitrogen and oxygen atoms in total. The lowest BCUT2D eigenvalue weighted by Crippen LogP contribution is -2.65. The lowest BCUT2D eigenvalue weighted by Gasteiger charge is -2.61. The van der Waals surface area contributed by atoms with E-state index >= 15 is 0 Å². The van der Waals surface area contributed by atoms with Gasteiger partial charge in [-0.1, -0.05) is 99.3 Å². The summed E-state index contributed by atoms with van der Waals surface area (Å²) < 4.78 is 0. The molecule has 168 valence electrons. The van der Waals surface area contributed by atoms with E-state index in [0.29, 0.717) is 5.82 Å². The van der Waals surface area contributed by atoms with E-state index < -0.39 is 0 Å². The number of hydrogen-bond donors (Lipinski definition) is 1. The third-order valence-electron chi connectivity index (χ3n) is 7.88. The van der Waals surface area contributed by atoms with Gasteiger partial charge in [0.05, 0.1) is 0 Å². The van der Waals surface area contributed by atoms with E-state index in [1.165, 1.54) is 16.7 Å². The van der Waals surface area contributed by atoms with Gasteiger partial charge in [-0.25, -0.2) is 4.99 Å². The van der Waals surface area contributed by atoms with Gasteiger partial charge in [0.2, 0.25) is 0 Å². The summed E-state index contributed by atoms with van der Waals surface area (Å²) in [6.45, 7) is 8.50. The van der Waals surface area contributed by atoms with Gasteiger partial charge in [-0.2, -0.15) is 0 Å². The molecule has 2 aliphatic heterocycles. The van der Waals surface area contributed by atoms with Crippen molar-refractivity contribution < 1.29 is 0 Å². The van der Waals surface area contributed by atoms with Crippen LogP contribution in [0.15, 0.2) is 120 Å². The summed E-state index contributed by atoms with van der Waals surface area (Å²) in [7, 11) is 0. The van der Waals surface area contributed by atoms with Crippen LogP contribution in [0.2, 0.25) is 0 Å². The number of nitrogens with zero attached hydrogens (tertiary/aromatic N) is 3. The summed E-state index contributed by atoms with van der Waals surface area (Å²) in [4.78, 5) is 9.34. The second kappa shape index (κ2) is 7.22. The Bertz CT molecular complexity index is 1370. The number of aliphatic imine (C=N–C) groups is 1. The summed E-state index contributed by atoms with van der Waals surface area (Å²) in [6.07, 6.45) is 8.05. The van der Waals surface area contributed by atoms with Gasteiger partial charge in [-0.15, -0.1) is 0 Å². The fraction of sp³-hybridized carbons (Fsp3) is 0.167. The number of allylic oxidation sites excluding steroid dienone is 2. The lowest BCUT2D eigenvalue weighted by atomic mass is 9.50. The fourth-order valence-electron chi connectivity index (χ4n) is 5.81. The molecule has 4 heteroatoms. The van der Waals surface area contributed by atoms with Crippen LogP contribution in [-0.4, -0.2) is 12.4 Å². The monoisotopic (exact) mass is 444 g/mol. The molecule has 0 radical (unpaired) electrons. The number of nitrogens with two attached hydrogens (primary N) is 1. The zero-order valence-electron chi connectivity index (χ0n) is 19.5. The van der Waals surface area contributed by atoms with Crippen molar-refractivity contribution in [3.8, 4) is 11.1 Å². The predicted molar refractivity (Wildman–Crippen MR) is 142 cm³/mol. The Hall–Kier alpha value is -4.05. The molecule has 2 heterocycles. The van der Waals surface area contributed by atoms with Gasteiger partial charge in [0.1, 0.15) is 12.0 Å². The first-order valence-corrected chi connectivity index (χ1v) is 11.7. The molecular weight excluding hydrogens is 416 g/mol. The number of hydrogen-bond acceptors (Lipinski definition) is 4. The van der Waals surface area contributed by atoms with Crippen LogP contribution in [0.1, 0.15) is 19.4 Å². The number of fused-ring (bicyclic) bond motifs is 6. The molecule has 0 saturated carbocycles. The molecule has 0 aromatic heterocycles. The normalized spacial score (nSPS) is 26.8. The van der Waals surface area contributed by atoms with Crippen LogP contribution in [0.4, 0.5) is 11.4 Å². The molecule has 6 rings (SSSR count). The van der Waals surface area contributed by atoms with Crippen LogP contribution < -0.4 is 15.5 Å². The third-order valence-corrected chi connectivity index (χ3v) is 7.88. The fourth-order valence-corrected chi connectivity index (χ4v) is 5.81. The quantitative estimate of drug-likeness (QED) is 0.385. The minimum Gasteiger partial charge on any atom is -0.382 e. The Labute approximate surface area is 201 Å². The first kappa shape index (κ1) is 20.5. The average Bonchev–Trinajstić information content (AvgIpc) is 3.18. The van der Waals surface area contributed by atoms with E-state index in [4.69, 9.17) is 10.7 Å². The van der Waals surface area contributed by atoms with E-state index in [9.17, 15) is 0 Å². The van der Waals surface area contributed by atoms with E-state index in [0.717, 1.165) is 17.2 Å². The standard InChI is InChI=1S/C30H28N4/c1-4-19-32-27-26(31)34-25-20-22(21-11-7-5-8-12-21)15-16-24(25)29(2)17-18-30(29,3)28(34)33(27)23-13-9-6-10-14-23/h4-20,28H,1,31H2,2-3H3/b32-19-. The number of anilines is 2. The molecule has 3 aromatic rings. The highest BCUT2D eigenvalue weighted by molar-refractivity contribution is 5.81. The maximum atomic E-state index is 6.93. The molecule has 3 atom stereocenters. The SMILES string of the molecule is C=C/C=N\C1=C(N)N2c3cc(-c4ccccc4)ccc3C3(C)C=CC3(C)C2N1c1ccccc1. The zero-order chi connectivity index (χ0) is 23.5. The van der Waals surface area contributed by atoms with Crippen LogP contribution >= 0.6 is 0 Å². The molecule has 0 bridgehead atoms. The van der Waals surface area contributed by atoms with Crippen molar-refractivity contribution in [2.75, 3.05) is 9.80 Å². The van der Waals surface area contributed by atoms with E-state index in [1.807, 2.05) is 12.1 Å². The Balaban J connectivity index is 1.62. The van der Waals surface area contributed by atoms with Gasteiger partial charge >= 0.3 is 0 Å². The number of benzene rings is 3. The summed E-state index contributed by atoms with van der Waals surface area (Å²) in [5.74, 6) is 1.40. The van der Waals surface area contributed by atoms with Crippen LogP contribution in [0.25, 0.3) is 11.1 Å². The zero-order valence-corrected chi connectivity index (χ0v) is 19.5. The second-order valence-corrected chi connectivity index (χ2v) is 9.59. The highest BCUT2D eigenvalue weighted by atomic mass is 15.5. The molecule has 3 unspecified atom stereocenters. The maximum absolute atomic E-state index is 6.93. The molecule has 0 fully saturated rings. The van der Waals surface area contributed by atoms with E-state index in [-0.39, 0.29) is 17.0 Å². The van der Waals surface area contributed by atoms with Crippen molar-refractivity contribution in [3.63, 3.8) is 0 Å². The minimum absolute atomic E-state index is 0.0413. The molecule has 1 aliphatic carbocycles. The Morgan fingerprint density at radius 2 is 1.59 bits per heavy atom. The van der Waals surface area contributed by atoms with Crippen LogP contribution in [0.5, 0.6) is 0 Å². The topological polar surface area (TPSA) is 44.9 Å². The van der Waals surface area contributed by atoms with E-state index in [1.54, 1.807) is 12.3 Å². The second-order valence-electron chi connectivity index (χ2n) is 9.59. The summed E-state index contributed by atoms with van der Waals surface area (Å²) in [5, 5.41) is 0. The van der Waals surface area contributed by atoms with Crippen molar-refractivity contribution in [2.45, 2.75) is 25.4 Å². The largest absolute Gasteiger partial charge is 0.382 e. The number of para-hydroxylation sites is 1. The maximum Gasteiger partial charge on any atom is 0.176 e. The van der Waals surface area contributed by atoms with Crippen molar-refractivity contribution in [3.05, 3.63) is 121 Å².